The predicted octanol–water partition coefficient (Wildman–Crippen LogP) is 3.02. The zero-order valence-electron chi connectivity index (χ0n) is 15.6. The van der Waals surface area contributed by atoms with Crippen LogP contribution in [0, 0.1) is 0 Å². The van der Waals surface area contributed by atoms with Crippen LogP contribution >= 0.6 is 0 Å². The van der Waals surface area contributed by atoms with Gasteiger partial charge in [-0.05, 0) is 31.9 Å². The number of fused-ring (bicyclic) bond motifs is 1. The number of anilines is 1. The summed E-state index contributed by atoms with van der Waals surface area (Å²) in [4.78, 5) is 4.07. The van der Waals surface area contributed by atoms with Crippen LogP contribution in [0.3, 0.4) is 0 Å². The fraction of sp³-hybridized carbons (Fsp3) is 0.389. The molecule has 1 aromatic carbocycles. The molecule has 2 heterocycles. The molecule has 0 atom stereocenters. The smallest absolute Gasteiger partial charge is 0.497 e. The number of hydrogen-bond donors (Lipinski definition) is 2. The van der Waals surface area contributed by atoms with Gasteiger partial charge in [0.1, 0.15) is 23.5 Å². The average molecular weight is 409 g/mol. The van der Waals surface area contributed by atoms with Crippen molar-refractivity contribution in [2.45, 2.75) is 37.8 Å². The maximum Gasteiger partial charge on any atom is 0.573 e. The van der Waals surface area contributed by atoms with Gasteiger partial charge in [-0.15, -0.1) is 23.4 Å². The zero-order valence-corrected chi connectivity index (χ0v) is 15.6. The molecule has 3 aromatic rings. The minimum atomic E-state index is -4.88. The molecule has 0 aliphatic heterocycles. The number of nitrogens with zero attached hydrogens (tertiary/aromatic N) is 4. The van der Waals surface area contributed by atoms with E-state index in [4.69, 9.17) is 4.74 Å². The molecule has 0 unspecified atom stereocenters. The van der Waals surface area contributed by atoms with Gasteiger partial charge >= 0.3 is 6.36 Å². The van der Waals surface area contributed by atoms with E-state index in [0.29, 0.717) is 24.3 Å². The molecule has 11 heteroatoms. The summed E-state index contributed by atoms with van der Waals surface area (Å²) in [5, 5.41) is 21.3. The zero-order chi connectivity index (χ0) is 20.8. The number of alkyl halides is 3. The predicted molar refractivity (Wildman–Crippen MR) is 96.7 cm³/mol. The van der Waals surface area contributed by atoms with Crippen molar-refractivity contribution in [3.05, 3.63) is 30.7 Å². The van der Waals surface area contributed by atoms with Crippen LogP contribution in [0.15, 0.2) is 30.7 Å². The lowest BCUT2D eigenvalue weighted by Crippen LogP contribution is -2.48. The van der Waals surface area contributed by atoms with Gasteiger partial charge in [-0.2, -0.15) is 0 Å². The number of halogens is 3. The van der Waals surface area contributed by atoms with E-state index in [2.05, 4.69) is 25.2 Å². The Balaban J connectivity index is 1.74. The van der Waals surface area contributed by atoms with Gasteiger partial charge in [0.05, 0.1) is 24.4 Å². The van der Waals surface area contributed by atoms with E-state index in [-0.39, 0.29) is 23.0 Å². The molecule has 29 heavy (non-hydrogen) atoms. The lowest BCUT2D eigenvalue weighted by Gasteiger charge is -2.41. The second-order valence-corrected chi connectivity index (χ2v) is 7.18. The summed E-state index contributed by atoms with van der Waals surface area (Å²) in [6.07, 6.45) is -0.814. The van der Waals surface area contributed by atoms with Gasteiger partial charge in [0.2, 0.25) is 5.95 Å². The van der Waals surface area contributed by atoms with Gasteiger partial charge in [-0.1, -0.05) is 0 Å². The van der Waals surface area contributed by atoms with E-state index in [1.165, 1.54) is 31.8 Å². The number of hydrogen-bond acceptors (Lipinski definition) is 7. The monoisotopic (exact) mass is 409 g/mol. The largest absolute Gasteiger partial charge is 0.573 e. The highest BCUT2D eigenvalue weighted by Crippen LogP contribution is 2.38. The maximum atomic E-state index is 12.9. The van der Waals surface area contributed by atoms with Crippen LogP contribution in [0.1, 0.15) is 19.8 Å². The molecule has 0 spiro atoms. The molecule has 0 radical (unpaired) electrons. The molecular formula is C18H18F3N5O3. The van der Waals surface area contributed by atoms with Crippen molar-refractivity contribution in [1.82, 2.24) is 19.6 Å². The van der Waals surface area contributed by atoms with Crippen molar-refractivity contribution >= 4 is 11.5 Å². The first kappa shape index (κ1) is 19.2. The van der Waals surface area contributed by atoms with E-state index in [9.17, 15) is 18.3 Å². The number of imidazole rings is 1. The molecule has 4 rings (SSSR count). The number of nitrogens with one attached hydrogen (secondary N) is 1. The average Bonchev–Trinajstić information content (AvgIpc) is 3.09. The summed E-state index contributed by atoms with van der Waals surface area (Å²) in [7, 11) is 1.35. The molecule has 0 amide bonds. The van der Waals surface area contributed by atoms with Crippen molar-refractivity contribution in [3.63, 3.8) is 0 Å². The van der Waals surface area contributed by atoms with Crippen molar-refractivity contribution in [2.24, 2.45) is 0 Å². The van der Waals surface area contributed by atoms with E-state index in [0.717, 1.165) is 6.07 Å². The minimum Gasteiger partial charge on any atom is -0.497 e. The first-order chi connectivity index (χ1) is 13.6. The summed E-state index contributed by atoms with van der Waals surface area (Å²) in [6, 6.07) is 4.09. The third-order valence-electron chi connectivity index (χ3n) is 4.73. The van der Waals surface area contributed by atoms with Crippen molar-refractivity contribution in [2.75, 3.05) is 12.4 Å². The summed E-state index contributed by atoms with van der Waals surface area (Å²) in [5.74, 6) is 0.138. The van der Waals surface area contributed by atoms with Gasteiger partial charge in [0, 0.05) is 17.7 Å². The van der Waals surface area contributed by atoms with E-state index >= 15 is 0 Å². The Morgan fingerprint density at radius 1 is 1.28 bits per heavy atom. The Labute approximate surface area is 163 Å². The van der Waals surface area contributed by atoms with Crippen molar-refractivity contribution < 1.29 is 27.8 Å². The molecule has 0 bridgehead atoms. The van der Waals surface area contributed by atoms with Gasteiger partial charge < -0.3 is 19.9 Å². The van der Waals surface area contributed by atoms with Crippen LogP contribution < -0.4 is 14.8 Å². The Morgan fingerprint density at radius 2 is 2.03 bits per heavy atom. The fourth-order valence-electron chi connectivity index (χ4n) is 3.45. The second-order valence-electron chi connectivity index (χ2n) is 7.18. The van der Waals surface area contributed by atoms with Crippen LogP contribution in [0.4, 0.5) is 19.1 Å². The summed E-state index contributed by atoms with van der Waals surface area (Å²) < 4.78 is 49.5. The molecule has 1 aliphatic carbocycles. The summed E-state index contributed by atoms with van der Waals surface area (Å²) in [5.41, 5.74) is 0.00651. The van der Waals surface area contributed by atoms with Gasteiger partial charge in [-0.25, -0.2) is 4.98 Å². The normalized spacial score (nSPS) is 21.7. The van der Waals surface area contributed by atoms with Crippen LogP contribution in [-0.2, 0) is 0 Å². The second kappa shape index (κ2) is 6.76. The lowest BCUT2D eigenvalue weighted by atomic mass is 9.77. The SMILES string of the molecule is COc1ccc(-c2nnc(NC3CC(C)(O)C3)n3cncc23)c(OC(F)(F)F)c1. The van der Waals surface area contributed by atoms with Gasteiger partial charge in [0.15, 0.2) is 0 Å². The first-order valence-electron chi connectivity index (χ1n) is 8.77. The van der Waals surface area contributed by atoms with Crippen LogP contribution in [0.5, 0.6) is 11.5 Å². The Kier molecular flexibility index (Phi) is 4.49. The highest BCUT2D eigenvalue weighted by Gasteiger charge is 2.39. The Bertz CT molecular complexity index is 1040. The standard InChI is InChI=1S/C18H18F3N5O3/c1-17(27)6-10(7-17)23-16-25-24-15(13-8-22-9-26(13)16)12-4-3-11(28-2)5-14(12)29-18(19,20)21/h3-5,8-10,27H,6-7H2,1-2H3,(H,23,25). The molecule has 0 saturated heterocycles. The number of ether oxygens (including phenoxy) is 2. The maximum absolute atomic E-state index is 12.9. The van der Waals surface area contributed by atoms with Crippen molar-refractivity contribution in [1.29, 1.82) is 0 Å². The van der Waals surface area contributed by atoms with E-state index < -0.39 is 17.7 Å². The number of rotatable bonds is 5. The molecule has 2 N–H and O–H groups in total. The van der Waals surface area contributed by atoms with Crippen molar-refractivity contribution in [3.8, 4) is 22.8 Å². The highest BCUT2D eigenvalue weighted by atomic mass is 19.4. The number of methoxy groups -OCH3 is 1. The molecule has 154 valence electrons. The summed E-state index contributed by atoms with van der Waals surface area (Å²) in [6.45, 7) is 1.75. The molecular weight excluding hydrogens is 391 g/mol. The lowest BCUT2D eigenvalue weighted by molar-refractivity contribution is -0.274. The Hall–Kier alpha value is -3.08. The number of aromatic nitrogens is 4. The third-order valence-corrected chi connectivity index (χ3v) is 4.73. The van der Waals surface area contributed by atoms with Crippen LogP contribution in [0.25, 0.3) is 16.8 Å². The quantitative estimate of drug-likeness (QED) is 0.669. The van der Waals surface area contributed by atoms with Gasteiger partial charge in [0.25, 0.3) is 0 Å². The Morgan fingerprint density at radius 3 is 2.69 bits per heavy atom. The number of benzene rings is 1. The molecule has 2 aromatic heterocycles. The van der Waals surface area contributed by atoms with Crippen LogP contribution in [0.2, 0.25) is 0 Å². The first-order valence-corrected chi connectivity index (χ1v) is 8.77. The van der Waals surface area contributed by atoms with E-state index in [1.807, 2.05) is 0 Å². The fourth-order valence-corrected chi connectivity index (χ4v) is 3.45. The third kappa shape index (κ3) is 3.90. The molecule has 1 aliphatic rings. The molecule has 1 fully saturated rings. The minimum absolute atomic E-state index is 0.0147. The summed E-state index contributed by atoms with van der Waals surface area (Å²) >= 11 is 0. The number of aliphatic hydroxyl groups is 1. The topological polar surface area (TPSA) is 93.8 Å². The van der Waals surface area contributed by atoms with Crippen LogP contribution in [-0.4, -0.2) is 49.8 Å². The molecule has 1 saturated carbocycles. The van der Waals surface area contributed by atoms with Gasteiger partial charge in [-0.3, -0.25) is 4.40 Å². The van der Waals surface area contributed by atoms with E-state index in [1.54, 1.807) is 11.3 Å². The molecule has 8 nitrogen and oxygen atoms in total. The highest BCUT2D eigenvalue weighted by molar-refractivity contribution is 5.81.